The minimum Gasteiger partial charge on any atom is -0.351 e. The molecule has 1 aliphatic heterocycles. The van der Waals surface area contributed by atoms with Crippen LogP contribution in [0.15, 0.2) is 23.8 Å². The van der Waals surface area contributed by atoms with E-state index in [4.69, 9.17) is 4.74 Å². The summed E-state index contributed by atoms with van der Waals surface area (Å²) in [5.41, 5.74) is 0.710. The first-order valence-corrected chi connectivity index (χ1v) is 8.75. The molecular formula is C19H27NO2. The fourth-order valence-electron chi connectivity index (χ4n) is 4.91. The van der Waals surface area contributed by atoms with Crippen molar-refractivity contribution in [3.05, 3.63) is 23.8 Å². The molecule has 2 fully saturated rings. The molecule has 1 N–H and O–H groups in total. The smallest absolute Gasteiger partial charge is 0.202 e. The van der Waals surface area contributed by atoms with Crippen molar-refractivity contribution in [3.8, 4) is 0 Å². The number of ketones is 1. The molecule has 1 saturated carbocycles. The molecule has 4 aliphatic rings. The van der Waals surface area contributed by atoms with Crippen LogP contribution in [0, 0.1) is 23.2 Å². The van der Waals surface area contributed by atoms with E-state index in [1.807, 2.05) is 6.08 Å². The molecule has 120 valence electrons. The van der Waals surface area contributed by atoms with Crippen LogP contribution in [0.2, 0.25) is 0 Å². The van der Waals surface area contributed by atoms with E-state index in [-0.39, 0.29) is 23.2 Å². The third kappa shape index (κ3) is 1.98. The zero-order chi connectivity index (χ0) is 15.5. The van der Waals surface area contributed by atoms with Crippen molar-refractivity contribution in [2.45, 2.75) is 58.2 Å². The van der Waals surface area contributed by atoms with Crippen LogP contribution >= 0.6 is 0 Å². The zero-order valence-corrected chi connectivity index (χ0v) is 13.9. The van der Waals surface area contributed by atoms with Crippen LogP contribution in [0.3, 0.4) is 0 Å². The topological polar surface area (TPSA) is 38.3 Å². The van der Waals surface area contributed by atoms with E-state index >= 15 is 0 Å². The van der Waals surface area contributed by atoms with Crippen molar-refractivity contribution in [2.75, 3.05) is 6.61 Å². The van der Waals surface area contributed by atoms with Crippen molar-refractivity contribution < 1.29 is 9.53 Å². The number of fused-ring (bicyclic) bond motifs is 1. The average Bonchev–Trinajstić information content (AvgIpc) is 2.92. The molecule has 0 aromatic heterocycles. The second kappa shape index (κ2) is 4.78. The molecule has 0 aromatic rings. The summed E-state index contributed by atoms with van der Waals surface area (Å²) in [5.74, 6) is 1.53. The molecule has 4 rings (SSSR count). The highest BCUT2D eigenvalue weighted by Crippen LogP contribution is 2.52. The van der Waals surface area contributed by atoms with Gasteiger partial charge in [-0.25, -0.2) is 0 Å². The van der Waals surface area contributed by atoms with E-state index in [2.05, 4.69) is 38.2 Å². The molecule has 22 heavy (non-hydrogen) atoms. The van der Waals surface area contributed by atoms with Gasteiger partial charge in [0.1, 0.15) is 0 Å². The van der Waals surface area contributed by atoms with Gasteiger partial charge in [0.05, 0.1) is 6.61 Å². The van der Waals surface area contributed by atoms with Gasteiger partial charge in [0.25, 0.3) is 0 Å². The van der Waals surface area contributed by atoms with E-state index in [1.165, 1.54) is 18.4 Å². The first-order valence-electron chi connectivity index (χ1n) is 8.75. The van der Waals surface area contributed by atoms with Crippen molar-refractivity contribution in [1.82, 2.24) is 5.32 Å². The van der Waals surface area contributed by atoms with Crippen LogP contribution in [0.25, 0.3) is 0 Å². The highest BCUT2D eigenvalue weighted by atomic mass is 16.5. The van der Waals surface area contributed by atoms with Crippen molar-refractivity contribution in [2.24, 2.45) is 23.2 Å². The Morgan fingerprint density at radius 3 is 2.91 bits per heavy atom. The Kier molecular flexibility index (Phi) is 3.18. The van der Waals surface area contributed by atoms with Crippen molar-refractivity contribution in [1.29, 1.82) is 0 Å². The van der Waals surface area contributed by atoms with Gasteiger partial charge >= 0.3 is 0 Å². The van der Waals surface area contributed by atoms with Gasteiger partial charge in [-0.2, -0.15) is 0 Å². The molecule has 0 aromatic carbocycles. The van der Waals surface area contributed by atoms with E-state index in [1.54, 1.807) is 0 Å². The maximum absolute atomic E-state index is 13.0. The molecule has 0 amide bonds. The number of hydrogen-bond acceptors (Lipinski definition) is 3. The monoisotopic (exact) mass is 301 g/mol. The Morgan fingerprint density at radius 1 is 1.36 bits per heavy atom. The summed E-state index contributed by atoms with van der Waals surface area (Å²) in [6, 6.07) is 0.236. The second-order valence-electron chi connectivity index (χ2n) is 8.55. The predicted octanol–water partition coefficient (Wildman–Crippen LogP) is 3.22. The fraction of sp³-hybridized carbons (Fsp3) is 0.737. The summed E-state index contributed by atoms with van der Waals surface area (Å²) in [6.07, 6.45) is 11.1. The zero-order valence-electron chi connectivity index (χ0n) is 13.9. The van der Waals surface area contributed by atoms with Crippen LogP contribution in [0.5, 0.6) is 0 Å². The largest absolute Gasteiger partial charge is 0.351 e. The van der Waals surface area contributed by atoms with Crippen LogP contribution < -0.4 is 5.32 Å². The lowest BCUT2D eigenvalue weighted by atomic mass is 9.59. The minimum atomic E-state index is -0.771. The quantitative estimate of drug-likeness (QED) is 0.698. The first kappa shape index (κ1) is 14.6. The van der Waals surface area contributed by atoms with Gasteiger partial charge in [-0.1, -0.05) is 38.5 Å². The molecule has 0 unspecified atom stereocenters. The number of hydrogen-bond donors (Lipinski definition) is 1. The Labute approximate surface area is 133 Å². The minimum absolute atomic E-state index is 0.101. The van der Waals surface area contributed by atoms with Gasteiger partial charge in [-0.3, -0.25) is 10.1 Å². The maximum Gasteiger partial charge on any atom is 0.202 e. The van der Waals surface area contributed by atoms with Crippen molar-refractivity contribution in [3.63, 3.8) is 0 Å². The number of carbonyl (C=O) groups is 1. The van der Waals surface area contributed by atoms with Gasteiger partial charge < -0.3 is 4.74 Å². The summed E-state index contributed by atoms with van der Waals surface area (Å²) in [6.45, 7) is 7.28. The second-order valence-corrected chi connectivity index (χ2v) is 8.55. The van der Waals surface area contributed by atoms with Crippen LogP contribution in [0.4, 0.5) is 0 Å². The summed E-state index contributed by atoms with van der Waals surface area (Å²) < 4.78 is 6.23. The lowest BCUT2D eigenvalue weighted by molar-refractivity contribution is -0.150. The molecule has 0 bridgehead atoms. The van der Waals surface area contributed by atoms with Gasteiger partial charge in [-0.15, -0.1) is 0 Å². The summed E-state index contributed by atoms with van der Waals surface area (Å²) in [7, 11) is 0. The average molecular weight is 301 g/mol. The molecule has 0 radical (unpaired) electrons. The highest BCUT2D eigenvalue weighted by Gasteiger charge is 2.59. The fourth-order valence-corrected chi connectivity index (χ4v) is 4.91. The molecule has 5 atom stereocenters. The lowest BCUT2D eigenvalue weighted by Crippen LogP contribution is -2.62. The lowest BCUT2D eigenvalue weighted by Gasteiger charge is -2.49. The molecule has 1 saturated heterocycles. The van der Waals surface area contributed by atoms with Crippen LogP contribution in [-0.4, -0.2) is 24.2 Å². The molecule has 3 nitrogen and oxygen atoms in total. The normalized spacial score (nSPS) is 44.1. The summed E-state index contributed by atoms with van der Waals surface area (Å²) >= 11 is 0. The number of carbonyl (C=O) groups excluding carboxylic acids is 1. The summed E-state index contributed by atoms with van der Waals surface area (Å²) in [5, 5.41) is 3.63. The molecule has 3 aliphatic carbocycles. The van der Waals surface area contributed by atoms with Gasteiger partial charge in [0.15, 0.2) is 5.72 Å². The number of nitrogens with one attached hydrogen (secondary N) is 1. The third-order valence-corrected chi connectivity index (χ3v) is 6.22. The van der Waals surface area contributed by atoms with Gasteiger partial charge in [0.2, 0.25) is 5.78 Å². The Bertz CT molecular complexity index is 556. The standard InChI is InChI=1S/C19H27NO2/c1-18(2,3)15-11-22-19(20-15)14-9-5-7-12-6-4-8-13(17(12)14)10-16(19)21/h5,7,10,12,14-15,17,20H,4,6,8-9,11H2,1-3H3/t12-,14+,15+,17+,19+/m0/s1. The number of allylic oxidation sites excluding steroid dienone is 3. The molecule has 1 heterocycles. The molecule has 3 heteroatoms. The Balaban J connectivity index is 1.73. The first-order chi connectivity index (χ1) is 10.4. The van der Waals surface area contributed by atoms with Gasteiger partial charge in [0, 0.05) is 12.0 Å². The predicted molar refractivity (Wildman–Crippen MR) is 86.2 cm³/mol. The van der Waals surface area contributed by atoms with E-state index < -0.39 is 5.72 Å². The van der Waals surface area contributed by atoms with Crippen LogP contribution in [0.1, 0.15) is 46.5 Å². The van der Waals surface area contributed by atoms with Gasteiger partial charge in [-0.05, 0) is 49.0 Å². The molecular weight excluding hydrogens is 274 g/mol. The highest BCUT2D eigenvalue weighted by molar-refractivity contribution is 5.99. The van der Waals surface area contributed by atoms with E-state index in [9.17, 15) is 4.79 Å². The van der Waals surface area contributed by atoms with E-state index in [0.29, 0.717) is 18.4 Å². The van der Waals surface area contributed by atoms with Crippen LogP contribution in [-0.2, 0) is 9.53 Å². The maximum atomic E-state index is 13.0. The third-order valence-electron chi connectivity index (χ3n) is 6.22. The molecule has 1 spiro atoms. The van der Waals surface area contributed by atoms with E-state index in [0.717, 1.165) is 12.8 Å². The number of rotatable bonds is 0. The van der Waals surface area contributed by atoms with Crippen molar-refractivity contribution >= 4 is 5.78 Å². The number of ether oxygens (including phenoxy) is 1. The SMILES string of the molecule is CC(C)(C)[C@H]1CO[C@@]2(N1)C(=O)C=C1CCC[C@H]3C=CC[C@@H]2[C@@H]13. The Morgan fingerprint density at radius 2 is 2.18 bits per heavy atom. The Hall–Kier alpha value is -0.930. The summed E-state index contributed by atoms with van der Waals surface area (Å²) in [4.78, 5) is 13.0.